The third-order valence-corrected chi connectivity index (χ3v) is 7.66. The minimum atomic E-state index is -0.790. The van der Waals surface area contributed by atoms with Crippen LogP contribution in [0.25, 0.3) is 6.08 Å². The number of aromatic nitrogens is 1. The van der Waals surface area contributed by atoms with Gasteiger partial charge >= 0.3 is 5.97 Å². The molecular formula is C32H30N2O6S. The molecule has 8 nitrogen and oxygen atoms in total. The largest absolute Gasteiger partial charge is 0.497 e. The normalized spacial score (nSPS) is 14.7. The molecule has 4 aromatic rings. The lowest BCUT2D eigenvalue weighted by Crippen LogP contribution is -2.40. The van der Waals surface area contributed by atoms with Crippen LogP contribution in [-0.2, 0) is 16.1 Å². The number of hydrogen-bond acceptors (Lipinski definition) is 8. The Morgan fingerprint density at radius 1 is 1.00 bits per heavy atom. The highest BCUT2D eigenvalue weighted by atomic mass is 32.1. The van der Waals surface area contributed by atoms with Gasteiger partial charge in [-0.15, -0.1) is 0 Å². The molecular weight excluding hydrogens is 540 g/mol. The first-order chi connectivity index (χ1) is 19.9. The molecule has 0 saturated heterocycles. The Kier molecular flexibility index (Phi) is 8.35. The van der Waals surface area contributed by atoms with Crippen molar-refractivity contribution in [1.82, 2.24) is 4.57 Å². The van der Waals surface area contributed by atoms with Crippen LogP contribution in [0.15, 0.2) is 93.9 Å². The van der Waals surface area contributed by atoms with Crippen molar-refractivity contribution in [2.24, 2.45) is 4.99 Å². The molecule has 5 rings (SSSR count). The summed E-state index contributed by atoms with van der Waals surface area (Å²) in [5.41, 5.74) is 3.04. The van der Waals surface area contributed by atoms with E-state index in [1.807, 2.05) is 60.7 Å². The first kappa shape index (κ1) is 27.9. The summed E-state index contributed by atoms with van der Waals surface area (Å²) in [4.78, 5) is 32.2. The Bertz CT molecular complexity index is 1770. The fourth-order valence-electron chi connectivity index (χ4n) is 4.68. The Morgan fingerprint density at radius 3 is 2.41 bits per heavy atom. The van der Waals surface area contributed by atoms with E-state index in [1.165, 1.54) is 23.0 Å². The van der Waals surface area contributed by atoms with Gasteiger partial charge in [-0.25, -0.2) is 9.79 Å². The summed E-state index contributed by atoms with van der Waals surface area (Å²) in [5, 5.41) is 0. The fourth-order valence-corrected chi connectivity index (χ4v) is 5.73. The highest BCUT2D eigenvalue weighted by Gasteiger charge is 2.35. The number of methoxy groups -OCH3 is 2. The van der Waals surface area contributed by atoms with E-state index in [0.29, 0.717) is 38.7 Å². The molecule has 0 spiro atoms. The lowest BCUT2D eigenvalue weighted by Gasteiger charge is -2.26. The Hall–Kier alpha value is -4.63. The van der Waals surface area contributed by atoms with Gasteiger partial charge in [-0.1, -0.05) is 53.8 Å². The van der Waals surface area contributed by atoms with Crippen molar-refractivity contribution in [1.29, 1.82) is 0 Å². The smallest absolute Gasteiger partial charge is 0.338 e. The van der Waals surface area contributed by atoms with Crippen LogP contribution in [0, 0.1) is 0 Å². The summed E-state index contributed by atoms with van der Waals surface area (Å²) >= 11 is 1.26. The van der Waals surface area contributed by atoms with Gasteiger partial charge in [0.2, 0.25) is 0 Å². The number of thiazole rings is 1. The van der Waals surface area contributed by atoms with Crippen molar-refractivity contribution in [3.63, 3.8) is 0 Å². The molecule has 0 radical (unpaired) electrons. The Morgan fingerprint density at radius 2 is 1.73 bits per heavy atom. The number of nitrogens with zero attached hydrogens (tertiary/aromatic N) is 2. The zero-order valence-electron chi connectivity index (χ0n) is 23.2. The molecule has 1 atom stereocenters. The van der Waals surface area contributed by atoms with Crippen LogP contribution >= 0.6 is 11.3 Å². The Labute approximate surface area is 241 Å². The molecule has 1 unspecified atom stereocenters. The molecule has 41 heavy (non-hydrogen) atoms. The van der Waals surface area contributed by atoms with Crippen molar-refractivity contribution in [2.75, 3.05) is 20.8 Å². The van der Waals surface area contributed by atoms with E-state index in [1.54, 1.807) is 39.2 Å². The molecule has 0 fully saturated rings. The molecule has 1 aliphatic rings. The maximum atomic E-state index is 13.9. The van der Waals surface area contributed by atoms with E-state index in [-0.39, 0.29) is 17.7 Å². The highest BCUT2D eigenvalue weighted by molar-refractivity contribution is 7.07. The zero-order chi connectivity index (χ0) is 28.9. The maximum Gasteiger partial charge on any atom is 0.338 e. The highest BCUT2D eigenvalue weighted by Crippen LogP contribution is 2.37. The summed E-state index contributed by atoms with van der Waals surface area (Å²) in [7, 11) is 3.10. The van der Waals surface area contributed by atoms with Crippen molar-refractivity contribution in [2.45, 2.75) is 26.5 Å². The molecule has 0 bridgehead atoms. The minimum Gasteiger partial charge on any atom is -0.497 e. The average Bonchev–Trinajstić information content (AvgIpc) is 3.30. The molecule has 3 aromatic carbocycles. The lowest BCUT2D eigenvalue weighted by molar-refractivity contribution is -0.139. The van der Waals surface area contributed by atoms with Gasteiger partial charge in [0.1, 0.15) is 29.9 Å². The van der Waals surface area contributed by atoms with Gasteiger partial charge in [0.25, 0.3) is 5.56 Å². The first-order valence-electron chi connectivity index (χ1n) is 13.1. The van der Waals surface area contributed by atoms with Crippen molar-refractivity contribution >= 4 is 23.4 Å². The molecule has 0 saturated carbocycles. The summed E-state index contributed by atoms with van der Waals surface area (Å²) in [6, 6.07) is 22.0. The summed E-state index contributed by atoms with van der Waals surface area (Å²) in [5.74, 6) is 1.27. The van der Waals surface area contributed by atoms with E-state index in [4.69, 9.17) is 18.9 Å². The van der Waals surface area contributed by atoms with E-state index in [2.05, 4.69) is 4.99 Å². The predicted molar refractivity (Wildman–Crippen MR) is 157 cm³/mol. The average molecular weight is 571 g/mol. The van der Waals surface area contributed by atoms with Crippen LogP contribution < -0.4 is 29.1 Å². The number of carbonyl (C=O) groups excluding carboxylic acids is 1. The van der Waals surface area contributed by atoms with Gasteiger partial charge in [-0.2, -0.15) is 0 Å². The van der Waals surface area contributed by atoms with Gasteiger partial charge in [0.05, 0.1) is 36.6 Å². The number of fused-ring (bicyclic) bond motifs is 1. The molecule has 2 heterocycles. The van der Waals surface area contributed by atoms with E-state index >= 15 is 0 Å². The number of carbonyl (C=O) groups is 1. The van der Waals surface area contributed by atoms with Crippen molar-refractivity contribution in [3.8, 4) is 17.2 Å². The minimum absolute atomic E-state index is 0.192. The van der Waals surface area contributed by atoms with Gasteiger partial charge in [-0.3, -0.25) is 9.36 Å². The number of hydrogen-bond donors (Lipinski definition) is 0. The first-order valence-corrected chi connectivity index (χ1v) is 13.9. The van der Waals surface area contributed by atoms with E-state index in [9.17, 15) is 9.59 Å². The number of rotatable bonds is 9. The second-order valence-corrected chi connectivity index (χ2v) is 10.3. The predicted octanol–water partition coefficient (Wildman–Crippen LogP) is 4.39. The van der Waals surface area contributed by atoms with E-state index in [0.717, 1.165) is 16.9 Å². The molecule has 1 aromatic heterocycles. The van der Waals surface area contributed by atoms with Crippen LogP contribution in [0.2, 0.25) is 0 Å². The molecule has 0 N–H and O–H groups in total. The van der Waals surface area contributed by atoms with Crippen LogP contribution in [-0.4, -0.2) is 31.4 Å². The van der Waals surface area contributed by atoms with Crippen LogP contribution in [0.3, 0.4) is 0 Å². The molecule has 0 amide bonds. The Balaban J connectivity index is 1.55. The van der Waals surface area contributed by atoms with Crippen molar-refractivity contribution in [3.05, 3.63) is 120 Å². The zero-order valence-corrected chi connectivity index (χ0v) is 24.1. The topological polar surface area (TPSA) is 88.4 Å². The van der Waals surface area contributed by atoms with Crippen molar-refractivity contribution < 1.29 is 23.7 Å². The SMILES string of the molecule is CCOC(=O)C1=C(C)N=c2s/c(=C/c3ccc(OCc4ccccc4)cc3)c(=O)n2C1c1ccc(OC)cc1OC. The monoisotopic (exact) mass is 570 g/mol. The van der Waals surface area contributed by atoms with Crippen LogP contribution in [0.1, 0.15) is 36.6 Å². The maximum absolute atomic E-state index is 13.9. The number of benzene rings is 3. The van der Waals surface area contributed by atoms with Gasteiger partial charge in [0, 0.05) is 11.6 Å². The quantitative estimate of drug-likeness (QED) is 0.277. The second kappa shape index (κ2) is 12.3. The van der Waals surface area contributed by atoms with E-state index < -0.39 is 12.0 Å². The molecule has 210 valence electrons. The number of allylic oxidation sites excluding steroid dienone is 1. The van der Waals surface area contributed by atoms with Crippen LogP contribution in [0.4, 0.5) is 0 Å². The molecule has 9 heteroatoms. The number of ether oxygens (including phenoxy) is 4. The summed E-state index contributed by atoms with van der Waals surface area (Å²) in [6.45, 7) is 4.15. The summed E-state index contributed by atoms with van der Waals surface area (Å²) in [6.07, 6.45) is 1.82. The molecule has 0 aliphatic carbocycles. The molecule has 1 aliphatic heterocycles. The summed E-state index contributed by atoms with van der Waals surface area (Å²) < 4.78 is 24.3. The van der Waals surface area contributed by atoms with Gasteiger partial charge in [0.15, 0.2) is 4.80 Å². The third-order valence-electron chi connectivity index (χ3n) is 6.68. The standard InChI is InChI=1S/C32H30N2O6S/c1-5-39-31(36)28-20(2)33-32-34(29(28)25-16-15-24(37-3)18-26(25)38-4)30(35)27(41-32)17-21-11-13-23(14-12-21)40-19-22-9-7-6-8-10-22/h6-18,29H,5,19H2,1-4H3/b27-17+. The number of esters is 1. The van der Waals surface area contributed by atoms with Gasteiger partial charge in [-0.05, 0) is 55.3 Å². The third kappa shape index (κ3) is 5.81. The van der Waals surface area contributed by atoms with Crippen LogP contribution in [0.5, 0.6) is 17.2 Å². The van der Waals surface area contributed by atoms with Gasteiger partial charge < -0.3 is 18.9 Å². The fraction of sp³-hybridized carbons (Fsp3) is 0.219. The second-order valence-electron chi connectivity index (χ2n) is 9.25. The lowest BCUT2D eigenvalue weighted by atomic mass is 9.95.